The molecule has 0 aromatic carbocycles. The molecule has 2 heteroatoms. The van der Waals surface area contributed by atoms with E-state index >= 15 is 0 Å². The average molecular weight is 182 g/mol. The molecule has 0 saturated carbocycles. The maximum Gasteiger partial charge on any atom is 0.189 e. The summed E-state index contributed by atoms with van der Waals surface area (Å²) < 4.78 is 5.03. The van der Waals surface area contributed by atoms with Crippen LogP contribution < -0.4 is 0 Å². The number of allylic oxidation sites excluding steroid dienone is 2. The predicted octanol–water partition coefficient (Wildman–Crippen LogP) is 2.25. The van der Waals surface area contributed by atoms with E-state index in [1.807, 2.05) is 12.2 Å². The number of aliphatic hydroxyl groups is 1. The van der Waals surface area contributed by atoms with Gasteiger partial charge < -0.3 is 9.84 Å². The van der Waals surface area contributed by atoms with Crippen LogP contribution in [0.2, 0.25) is 0 Å². The average Bonchev–Trinajstić information content (AvgIpc) is 2.03. The summed E-state index contributed by atoms with van der Waals surface area (Å²) in [6, 6.07) is 0. The Hall–Kier alpha value is -0.600. The molecule has 1 unspecified atom stereocenters. The summed E-state index contributed by atoms with van der Waals surface area (Å²) in [5, 5.41) is 9.86. The van der Waals surface area contributed by atoms with Crippen molar-refractivity contribution in [1.29, 1.82) is 0 Å². The first-order chi connectivity index (χ1) is 5.87. The third-order valence-corrected chi connectivity index (χ3v) is 2.41. The van der Waals surface area contributed by atoms with Crippen molar-refractivity contribution < 1.29 is 9.84 Å². The standard InChI is InChI=1S/C11H18O2/c1-10(2,3)9-6-5-7-11(12,8-9)13-4/h5-7,12H,8H2,1-4H3. The molecule has 0 heterocycles. The summed E-state index contributed by atoms with van der Waals surface area (Å²) >= 11 is 0. The Balaban J connectivity index is 2.84. The molecule has 0 aromatic rings. The second kappa shape index (κ2) is 3.28. The molecule has 1 aliphatic rings. The quantitative estimate of drug-likeness (QED) is 0.630. The van der Waals surface area contributed by atoms with Crippen molar-refractivity contribution in [2.24, 2.45) is 5.41 Å². The summed E-state index contributed by atoms with van der Waals surface area (Å²) in [5.41, 5.74) is 1.30. The van der Waals surface area contributed by atoms with Gasteiger partial charge in [-0.2, -0.15) is 0 Å². The molecule has 0 fully saturated rings. The third-order valence-electron chi connectivity index (χ3n) is 2.41. The molecule has 0 amide bonds. The van der Waals surface area contributed by atoms with Gasteiger partial charge in [0.1, 0.15) is 0 Å². The van der Waals surface area contributed by atoms with Crippen LogP contribution in [-0.4, -0.2) is 18.0 Å². The molecule has 13 heavy (non-hydrogen) atoms. The molecular weight excluding hydrogens is 164 g/mol. The highest BCUT2D eigenvalue weighted by Crippen LogP contribution is 2.35. The summed E-state index contributed by atoms with van der Waals surface area (Å²) in [7, 11) is 1.52. The van der Waals surface area contributed by atoms with Gasteiger partial charge in [0.15, 0.2) is 5.79 Å². The minimum atomic E-state index is -1.10. The Bertz CT molecular complexity index is 245. The lowest BCUT2D eigenvalue weighted by molar-refractivity contribution is -0.147. The molecule has 2 nitrogen and oxygen atoms in total. The van der Waals surface area contributed by atoms with E-state index in [-0.39, 0.29) is 5.41 Å². The van der Waals surface area contributed by atoms with E-state index in [4.69, 9.17) is 4.74 Å². The Morgan fingerprint density at radius 1 is 1.46 bits per heavy atom. The van der Waals surface area contributed by atoms with E-state index < -0.39 is 5.79 Å². The van der Waals surface area contributed by atoms with Crippen molar-refractivity contribution in [1.82, 2.24) is 0 Å². The van der Waals surface area contributed by atoms with Crippen LogP contribution in [0.25, 0.3) is 0 Å². The highest BCUT2D eigenvalue weighted by Gasteiger charge is 2.30. The fourth-order valence-electron chi connectivity index (χ4n) is 1.36. The monoisotopic (exact) mass is 182 g/mol. The molecule has 74 valence electrons. The van der Waals surface area contributed by atoms with Crippen molar-refractivity contribution in [3.8, 4) is 0 Å². The highest BCUT2D eigenvalue weighted by molar-refractivity contribution is 5.26. The van der Waals surface area contributed by atoms with E-state index in [0.29, 0.717) is 6.42 Å². The molecular formula is C11H18O2. The third kappa shape index (κ3) is 2.42. The van der Waals surface area contributed by atoms with Crippen LogP contribution in [0, 0.1) is 5.41 Å². The van der Waals surface area contributed by atoms with Gasteiger partial charge in [-0.3, -0.25) is 0 Å². The summed E-state index contributed by atoms with van der Waals surface area (Å²) in [5.74, 6) is -1.10. The number of hydrogen-bond acceptors (Lipinski definition) is 2. The number of ether oxygens (including phenoxy) is 1. The van der Waals surface area contributed by atoms with Crippen molar-refractivity contribution in [3.05, 3.63) is 23.8 Å². The van der Waals surface area contributed by atoms with Gasteiger partial charge in [0.05, 0.1) is 0 Å². The maximum atomic E-state index is 9.86. The summed E-state index contributed by atoms with van der Waals surface area (Å²) in [6.07, 6.45) is 6.15. The van der Waals surface area contributed by atoms with Gasteiger partial charge in [0.2, 0.25) is 0 Å². The van der Waals surface area contributed by atoms with Crippen molar-refractivity contribution in [2.75, 3.05) is 7.11 Å². The van der Waals surface area contributed by atoms with Crippen LogP contribution in [0.1, 0.15) is 27.2 Å². The lowest BCUT2D eigenvalue weighted by atomic mass is 9.80. The molecule has 0 saturated heterocycles. The lowest BCUT2D eigenvalue weighted by Crippen LogP contribution is -2.32. The second-order valence-electron chi connectivity index (χ2n) is 4.53. The van der Waals surface area contributed by atoms with Crippen molar-refractivity contribution >= 4 is 0 Å². The number of methoxy groups -OCH3 is 1. The van der Waals surface area contributed by atoms with Crippen LogP contribution in [-0.2, 0) is 4.74 Å². The molecule has 0 bridgehead atoms. The van der Waals surface area contributed by atoms with Crippen LogP contribution in [0.4, 0.5) is 0 Å². The van der Waals surface area contributed by atoms with Crippen molar-refractivity contribution in [2.45, 2.75) is 33.0 Å². The number of rotatable bonds is 1. The van der Waals surface area contributed by atoms with Crippen LogP contribution in [0.15, 0.2) is 23.8 Å². The Morgan fingerprint density at radius 3 is 2.54 bits per heavy atom. The molecule has 0 aromatic heterocycles. The first kappa shape index (κ1) is 10.5. The van der Waals surface area contributed by atoms with Gasteiger partial charge in [-0.05, 0) is 11.5 Å². The smallest absolute Gasteiger partial charge is 0.189 e. The zero-order valence-electron chi connectivity index (χ0n) is 8.79. The van der Waals surface area contributed by atoms with E-state index in [2.05, 4.69) is 20.8 Å². The minimum absolute atomic E-state index is 0.0945. The Labute approximate surface area is 79.9 Å². The normalized spacial score (nSPS) is 28.8. The molecule has 1 aliphatic carbocycles. The molecule has 0 radical (unpaired) electrons. The highest BCUT2D eigenvalue weighted by atomic mass is 16.6. The minimum Gasteiger partial charge on any atom is -0.362 e. The first-order valence-electron chi connectivity index (χ1n) is 4.54. The molecule has 0 spiro atoms. The van der Waals surface area contributed by atoms with Gasteiger partial charge in [0.25, 0.3) is 0 Å². The second-order valence-corrected chi connectivity index (χ2v) is 4.53. The first-order valence-corrected chi connectivity index (χ1v) is 4.54. The van der Waals surface area contributed by atoms with Gasteiger partial charge in [-0.1, -0.05) is 38.5 Å². The molecule has 1 N–H and O–H groups in total. The maximum absolute atomic E-state index is 9.86. The predicted molar refractivity (Wildman–Crippen MR) is 53.3 cm³/mol. The summed E-state index contributed by atoms with van der Waals surface area (Å²) in [4.78, 5) is 0. The van der Waals surface area contributed by atoms with Gasteiger partial charge in [0, 0.05) is 13.5 Å². The number of hydrogen-bond donors (Lipinski definition) is 1. The SMILES string of the molecule is COC1(O)C=CC=C(C(C)(C)C)C1. The lowest BCUT2D eigenvalue weighted by Gasteiger charge is -2.32. The van der Waals surface area contributed by atoms with E-state index in [1.54, 1.807) is 6.08 Å². The van der Waals surface area contributed by atoms with Gasteiger partial charge in [-0.25, -0.2) is 0 Å². The van der Waals surface area contributed by atoms with Crippen molar-refractivity contribution in [3.63, 3.8) is 0 Å². The molecule has 1 atom stereocenters. The largest absolute Gasteiger partial charge is 0.362 e. The molecule has 1 rings (SSSR count). The van der Waals surface area contributed by atoms with Gasteiger partial charge in [-0.15, -0.1) is 0 Å². The molecule has 0 aliphatic heterocycles. The van der Waals surface area contributed by atoms with E-state index in [0.717, 1.165) is 0 Å². The van der Waals surface area contributed by atoms with Gasteiger partial charge >= 0.3 is 0 Å². The zero-order valence-corrected chi connectivity index (χ0v) is 8.79. The fourth-order valence-corrected chi connectivity index (χ4v) is 1.36. The fraction of sp³-hybridized carbons (Fsp3) is 0.636. The topological polar surface area (TPSA) is 29.5 Å². The van der Waals surface area contributed by atoms with E-state index in [9.17, 15) is 5.11 Å². The Morgan fingerprint density at radius 2 is 2.08 bits per heavy atom. The Kier molecular flexibility index (Phi) is 2.64. The van der Waals surface area contributed by atoms with E-state index in [1.165, 1.54) is 12.7 Å². The zero-order chi connectivity index (χ0) is 10.1. The van der Waals surface area contributed by atoms with Crippen LogP contribution in [0.3, 0.4) is 0 Å². The summed E-state index contributed by atoms with van der Waals surface area (Å²) in [6.45, 7) is 6.40. The van der Waals surface area contributed by atoms with Crippen LogP contribution in [0.5, 0.6) is 0 Å². The van der Waals surface area contributed by atoms with Crippen LogP contribution >= 0.6 is 0 Å².